The smallest absolute Gasteiger partial charge is 0.192 e. The van der Waals surface area contributed by atoms with Crippen molar-refractivity contribution in [3.8, 4) is 0 Å². The Bertz CT molecular complexity index is 528. The van der Waals surface area contributed by atoms with Crippen LogP contribution in [0.2, 0.25) is 0 Å². The van der Waals surface area contributed by atoms with Crippen LogP contribution in [0, 0.1) is 0 Å². The average molecular weight is 338 g/mol. The first-order valence-electron chi connectivity index (χ1n) is 6.11. The summed E-state index contributed by atoms with van der Waals surface area (Å²) in [6, 6.07) is 8.59. The lowest BCUT2D eigenvalue weighted by Crippen LogP contribution is -2.21. The number of aromatic nitrogens is 2. The third-order valence-electron chi connectivity index (χ3n) is 2.40. The van der Waals surface area contributed by atoms with Gasteiger partial charge in [0.25, 0.3) is 0 Å². The molecule has 1 aromatic heterocycles. The molecule has 0 aliphatic heterocycles. The minimum Gasteiger partial charge on any atom is -0.310 e. The van der Waals surface area contributed by atoms with Crippen LogP contribution in [0.4, 0.5) is 0 Å². The van der Waals surface area contributed by atoms with E-state index in [1.165, 1.54) is 0 Å². The first-order valence-corrected chi connectivity index (χ1v) is 7.72. The Labute approximate surface area is 126 Å². The van der Waals surface area contributed by atoms with E-state index in [-0.39, 0.29) is 0 Å². The van der Waals surface area contributed by atoms with Crippen molar-refractivity contribution in [3.63, 3.8) is 0 Å². The van der Waals surface area contributed by atoms with E-state index in [0.717, 1.165) is 26.6 Å². The van der Waals surface area contributed by atoms with Crippen molar-refractivity contribution in [1.29, 1.82) is 0 Å². The second-order valence-electron chi connectivity index (χ2n) is 4.47. The van der Waals surface area contributed by atoms with Gasteiger partial charge >= 0.3 is 0 Å². The Balaban J connectivity index is 1.98. The maximum atomic E-state index is 4.38. The molecule has 19 heavy (non-hydrogen) atoms. The fourth-order valence-electron chi connectivity index (χ4n) is 1.44. The number of benzene rings is 1. The molecule has 100 valence electrons. The number of nitrogens with zero attached hydrogens (tertiary/aromatic N) is 2. The van der Waals surface area contributed by atoms with Crippen molar-refractivity contribution < 1.29 is 0 Å². The average Bonchev–Trinajstić information content (AvgIpc) is 2.38. The molecule has 0 saturated heterocycles. The first kappa shape index (κ1) is 14.5. The van der Waals surface area contributed by atoms with E-state index >= 15 is 0 Å². The number of rotatable bonds is 5. The molecule has 2 aromatic rings. The highest BCUT2D eigenvalue weighted by Gasteiger charge is 2.02. The maximum absolute atomic E-state index is 4.38. The van der Waals surface area contributed by atoms with E-state index in [1.54, 1.807) is 11.8 Å². The third kappa shape index (κ3) is 4.93. The van der Waals surface area contributed by atoms with Crippen molar-refractivity contribution in [3.05, 3.63) is 46.7 Å². The van der Waals surface area contributed by atoms with E-state index in [4.69, 9.17) is 0 Å². The van der Waals surface area contributed by atoms with Gasteiger partial charge in [-0.15, -0.1) is 0 Å². The van der Waals surface area contributed by atoms with Gasteiger partial charge in [-0.25, -0.2) is 9.97 Å². The SMILES string of the molecule is CC(C)NCc1cnc(Sc2cccc(Br)c2)nc1. The molecule has 0 aliphatic rings. The van der Waals surface area contributed by atoms with E-state index in [0.29, 0.717) is 6.04 Å². The van der Waals surface area contributed by atoms with E-state index in [1.807, 2.05) is 30.6 Å². The molecule has 0 amide bonds. The number of hydrogen-bond donors (Lipinski definition) is 1. The van der Waals surface area contributed by atoms with Gasteiger partial charge in [-0.3, -0.25) is 0 Å². The highest BCUT2D eigenvalue weighted by Crippen LogP contribution is 2.26. The van der Waals surface area contributed by atoms with Crippen molar-refractivity contribution in [2.24, 2.45) is 0 Å². The molecule has 5 heteroatoms. The topological polar surface area (TPSA) is 37.8 Å². The molecule has 2 rings (SSSR count). The second-order valence-corrected chi connectivity index (χ2v) is 6.43. The van der Waals surface area contributed by atoms with Crippen LogP contribution in [-0.2, 0) is 6.54 Å². The predicted octanol–water partition coefficient (Wildman–Crippen LogP) is 3.89. The minimum atomic E-state index is 0.468. The maximum Gasteiger partial charge on any atom is 0.192 e. The highest BCUT2D eigenvalue weighted by atomic mass is 79.9. The zero-order valence-electron chi connectivity index (χ0n) is 10.9. The van der Waals surface area contributed by atoms with Crippen molar-refractivity contribution in [2.45, 2.75) is 36.5 Å². The largest absolute Gasteiger partial charge is 0.310 e. The van der Waals surface area contributed by atoms with Gasteiger partial charge in [-0.05, 0) is 30.0 Å². The van der Waals surface area contributed by atoms with E-state index in [2.05, 4.69) is 51.1 Å². The summed E-state index contributed by atoms with van der Waals surface area (Å²) in [5, 5.41) is 4.12. The summed E-state index contributed by atoms with van der Waals surface area (Å²) in [5.74, 6) is 0. The summed E-state index contributed by atoms with van der Waals surface area (Å²) >= 11 is 5.02. The lowest BCUT2D eigenvalue weighted by atomic mass is 10.3. The van der Waals surface area contributed by atoms with Crippen LogP contribution in [-0.4, -0.2) is 16.0 Å². The quantitative estimate of drug-likeness (QED) is 0.840. The molecule has 0 atom stereocenters. The van der Waals surface area contributed by atoms with Crippen molar-refractivity contribution >= 4 is 27.7 Å². The summed E-state index contributed by atoms with van der Waals surface area (Å²) in [5.41, 5.74) is 1.10. The summed E-state index contributed by atoms with van der Waals surface area (Å²) in [6.07, 6.45) is 3.76. The molecule has 1 N–H and O–H groups in total. The van der Waals surface area contributed by atoms with Crippen LogP contribution in [0.5, 0.6) is 0 Å². The van der Waals surface area contributed by atoms with Crippen LogP contribution < -0.4 is 5.32 Å². The Morgan fingerprint density at radius 1 is 1.26 bits per heavy atom. The van der Waals surface area contributed by atoms with Crippen LogP contribution in [0.3, 0.4) is 0 Å². The van der Waals surface area contributed by atoms with E-state index < -0.39 is 0 Å². The van der Waals surface area contributed by atoms with Gasteiger partial charge < -0.3 is 5.32 Å². The summed E-state index contributed by atoms with van der Waals surface area (Å²) in [6.45, 7) is 5.05. The molecule has 0 spiro atoms. The monoisotopic (exact) mass is 337 g/mol. The number of halogens is 1. The highest BCUT2D eigenvalue weighted by molar-refractivity contribution is 9.10. The van der Waals surface area contributed by atoms with Gasteiger partial charge in [-0.1, -0.05) is 35.8 Å². The van der Waals surface area contributed by atoms with Crippen molar-refractivity contribution in [1.82, 2.24) is 15.3 Å². The number of nitrogens with one attached hydrogen (secondary N) is 1. The molecular formula is C14H16BrN3S. The van der Waals surface area contributed by atoms with Crippen LogP contribution >= 0.6 is 27.7 Å². The van der Waals surface area contributed by atoms with Crippen LogP contribution in [0.25, 0.3) is 0 Å². The molecule has 0 unspecified atom stereocenters. The first-order chi connectivity index (χ1) is 9.13. The minimum absolute atomic E-state index is 0.468. The molecule has 0 saturated carbocycles. The number of hydrogen-bond acceptors (Lipinski definition) is 4. The van der Waals surface area contributed by atoms with Crippen LogP contribution in [0.1, 0.15) is 19.4 Å². The Morgan fingerprint density at radius 3 is 2.63 bits per heavy atom. The molecule has 0 bridgehead atoms. The second kappa shape index (κ2) is 7.03. The lowest BCUT2D eigenvalue weighted by Gasteiger charge is -2.07. The van der Waals surface area contributed by atoms with Gasteiger partial charge in [-0.2, -0.15) is 0 Å². The molecule has 0 aliphatic carbocycles. The lowest BCUT2D eigenvalue weighted by molar-refractivity contribution is 0.585. The van der Waals surface area contributed by atoms with Gasteiger partial charge in [0, 0.05) is 39.9 Å². The molecule has 1 heterocycles. The molecule has 3 nitrogen and oxygen atoms in total. The van der Waals surface area contributed by atoms with Gasteiger partial charge in [0.15, 0.2) is 5.16 Å². The van der Waals surface area contributed by atoms with Gasteiger partial charge in [0.1, 0.15) is 0 Å². The Kier molecular flexibility index (Phi) is 5.36. The van der Waals surface area contributed by atoms with Crippen LogP contribution in [0.15, 0.2) is 51.2 Å². The fourth-order valence-corrected chi connectivity index (χ4v) is 2.75. The Hall–Kier alpha value is -0.910. The normalized spacial score (nSPS) is 10.9. The molecule has 1 aromatic carbocycles. The Morgan fingerprint density at radius 2 is 2.00 bits per heavy atom. The third-order valence-corrected chi connectivity index (χ3v) is 3.78. The summed E-state index contributed by atoms with van der Waals surface area (Å²) in [7, 11) is 0. The molecular weight excluding hydrogens is 322 g/mol. The summed E-state index contributed by atoms with van der Waals surface area (Å²) < 4.78 is 1.07. The molecule has 0 fully saturated rings. The summed E-state index contributed by atoms with van der Waals surface area (Å²) in [4.78, 5) is 9.88. The standard InChI is InChI=1S/C14H16BrN3S/c1-10(2)16-7-11-8-17-14(18-9-11)19-13-5-3-4-12(15)6-13/h3-6,8-10,16H,7H2,1-2H3. The van der Waals surface area contributed by atoms with Gasteiger partial charge in [0.2, 0.25) is 0 Å². The zero-order valence-corrected chi connectivity index (χ0v) is 13.3. The van der Waals surface area contributed by atoms with Crippen molar-refractivity contribution in [2.75, 3.05) is 0 Å². The fraction of sp³-hybridized carbons (Fsp3) is 0.286. The van der Waals surface area contributed by atoms with E-state index in [9.17, 15) is 0 Å². The predicted molar refractivity (Wildman–Crippen MR) is 82.3 cm³/mol. The zero-order chi connectivity index (χ0) is 13.7. The molecule has 0 radical (unpaired) electrons. The van der Waals surface area contributed by atoms with Gasteiger partial charge in [0.05, 0.1) is 0 Å².